The zero-order chi connectivity index (χ0) is 8.65. The third-order valence-electron chi connectivity index (χ3n) is 1.70. The van der Waals surface area contributed by atoms with Gasteiger partial charge < -0.3 is 0 Å². The number of nitrogens with zero attached hydrogens (tertiary/aromatic N) is 1. The molecule has 1 N–H and O–H groups in total. The van der Waals surface area contributed by atoms with Crippen molar-refractivity contribution < 1.29 is 0 Å². The monoisotopic (exact) mass is 172 g/mol. The first-order valence-electron chi connectivity index (χ1n) is 3.64. The predicted molar refractivity (Wildman–Crippen MR) is 47.0 cm³/mol. The van der Waals surface area contributed by atoms with E-state index in [9.17, 15) is 0 Å². The number of aromatic amines is 1. The molecule has 2 nitrogen and oxygen atoms in total. The Morgan fingerprint density at radius 2 is 1.91 bits per heavy atom. The van der Waals surface area contributed by atoms with E-state index in [-0.39, 0.29) is 5.41 Å². The number of H-pyrrole nitrogens is 1. The Kier molecular flexibility index (Phi) is 1.97. The molecule has 1 aromatic rings. The molecular formula is C8H13ClN2. The molecule has 0 radical (unpaired) electrons. The van der Waals surface area contributed by atoms with E-state index in [4.69, 9.17) is 11.6 Å². The zero-order valence-corrected chi connectivity index (χ0v) is 8.08. The Hall–Kier alpha value is -0.500. The van der Waals surface area contributed by atoms with Gasteiger partial charge in [-0.05, 0) is 6.92 Å². The summed E-state index contributed by atoms with van der Waals surface area (Å²) in [5.74, 6) is 0. The third kappa shape index (κ3) is 1.56. The fraction of sp³-hybridized carbons (Fsp3) is 0.625. The average Bonchev–Trinajstić information content (AvgIpc) is 2.11. The Morgan fingerprint density at radius 3 is 2.09 bits per heavy atom. The van der Waals surface area contributed by atoms with Gasteiger partial charge in [0, 0.05) is 16.7 Å². The molecular weight excluding hydrogens is 160 g/mol. The lowest BCUT2D eigenvalue weighted by Crippen LogP contribution is -2.13. The molecule has 1 heterocycles. The van der Waals surface area contributed by atoms with Crippen LogP contribution in [0.2, 0.25) is 5.15 Å². The lowest BCUT2D eigenvalue weighted by atomic mass is 9.90. The number of rotatable bonds is 0. The molecule has 0 amide bonds. The lowest BCUT2D eigenvalue weighted by Gasteiger charge is -2.16. The van der Waals surface area contributed by atoms with Gasteiger partial charge in [-0.1, -0.05) is 32.4 Å². The van der Waals surface area contributed by atoms with Gasteiger partial charge in [0.05, 0.1) is 0 Å². The minimum atomic E-state index is 0.101. The van der Waals surface area contributed by atoms with Gasteiger partial charge in [-0.15, -0.1) is 0 Å². The van der Waals surface area contributed by atoms with Crippen molar-refractivity contribution in [3.8, 4) is 0 Å². The summed E-state index contributed by atoms with van der Waals surface area (Å²) in [6.45, 7) is 8.37. The van der Waals surface area contributed by atoms with Crippen molar-refractivity contribution in [2.45, 2.75) is 33.1 Å². The van der Waals surface area contributed by atoms with Gasteiger partial charge in [0.25, 0.3) is 0 Å². The van der Waals surface area contributed by atoms with Gasteiger partial charge in [0.15, 0.2) is 5.15 Å². The first kappa shape index (κ1) is 8.60. The van der Waals surface area contributed by atoms with Crippen LogP contribution in [0.15, 0.2) is 0 Å². The Bertz CT molecular complexity index is 258. The molecule has 11 heavy (non-hydrogen) atoms. The van der Waals surface area contributed by atoms with Crippen LogP contribution in [-0.2, 0) is 5.41 Å². The first-order valence-corrected chi connectivity index (χ1v) is 4.01. The molecule has 62 valence electrons. The van der Waals surface area contributed by atoms with E-state index < -0.39 is 0 Å². The van der Waals surface area contributed by atoms with Crippen LogP contribution in [0.3, 0.4) is 0 Å². The van der Waals surface area contributed by atoms with Crippen LogP contribution in [0.5, 0.6) is 0 Å². The van der Waals surface area contributed by atoms with Crippen molar-refractivity contribution in [3.05, 3.63) is 16.4 Å². The number of aromatic nitrogens is 2. The topological polar surface area (TPSA) is 28.7 Å². The summed E-state index contributed by atoms with van der Waals surface area (Å²) in [5.41, 5.74) is 2.27. The second-order valence-electron chi connectivity index (χ2n) is 3.76. The second kappa shape index (κ2) is 2.52. The maximum Gasteiger partial charge on any atom is 0.154 e. The van der Waals surface area contributed by atoms with E-state index >= 15 is 0 Å². The van der Waals surface area contributed by atoms with Crippen LogP contribution >= 0.6 is 11.6 Å². The van der Waals surface area contributed by atoms with E-state index in [1.807, 2.05) is 6.92 Å². The smallest absolute Gasteiger partial charge is 0.154 e. The van der Waals surface area contributed by atoms with Crippen molar-refractivity contribution in [1.29, 1.82) is 0 Å². The standard InChI is InChI=1S/C8H13ClN2/c1-5-6(8(2,3)4)10-11-7(5)9/h1-4H3,(H,10,11). The maximum atomic E-state index is 5.79. The molecule has 0 bridgehead atoms. The predicted octanol–water partition coefficient (Wildman–Crippen LogP) is 2.67. The highest BCUT2D eigenvalue weighted by atomic mass is 35.5. The van der Waals surface area contributed by atoms with Crippen molar-refractivity contribution in [2.75, 3.05) is 0 Å². The molecule has 1 rings (SSSR count). The summed E-state index contributed by atoms with van der Waals surface area (Å²) in [4.78, 5) is 0. The van der Waals surface area contributed by atoms with Crippen LogP contribution in [0.1, 0.15) is 32.0 Å². The fourth-order valence-electron chi connectivity index (χ4n) is 1.11. The molecule has 0 aliphatic rings. The van der Waals surface area contributed by atoms with E-state index in [0.717, 1.165) is 11.3 Å². The number of hydrogen-bond acceptors (Lipinski definition) is 1. The van der Waals surface area contributed by atoms with Gasteiger partial charge in [-0.2, -0.15) is 5.10 Å². The first-order chi connectivity index (χ1) is 4.93. The van der Waals surface area contributed by atoms with E-state index in [1.54, 1.807) is 0 Å². The highest BCUT2D eigenvalue weighted by molar-refractivity contribution is 6.30. The number of nitrogens with one attached hydrogen (secondary N) is 1. The highest BCUT2D eigenvalue weighted by Gasteiger charge is 2.19. The molecule has 0 saturated heterocycles. The van der Waals surface area contributed by atoms with E-state index in [2.05, 4.69) is 31.0 Å². The molecule has 0 aliphatic carbocycles. The van der Waals surface area contributed by atoms with E-state index in [1.165, 1.54) is 0 Å². The van der Waals surface area contributed by atoms with Crippen LogP contribution < -0.4 is 0 Å². The normalized spacial score (nSPS) is 12.1. The Labute approximate surface area is 72.0 Å². The summed E-state index contributed by atoms with van der Waals surface area (Å²) in [6, 6.07) is 0. The molecule has 0 aliphatic heterocycles. The fourth-order valence-corrected chi connectivity index (χ4v) is 1.24. The van der Waals surface area contributed by atoms with Gasteiger partial charge in [0.1, 0.15) is 0 Å². The van der Waals surface area contributed by atoms with Crippen LogP contribution in [0, 0.1) is 6.92 Å². The summed E-state index contributed by atoms with van der Waals surface area (Å²) >= 11 is 5.79. The molecule has 0 fully saturated rings. The van der Waals surface area contributed by atoms with Crippen molar-refractivity contribution in [2.24, 2.45) is 0 Å². The zero-order valence-electron chi connectivity index (χ0n) is 7.33. The van der Waals surface area contributed by atoms with Crippen molar-refractivity contribution in [3.63, 3.8) is 0 Å². The Morgan fingerprint density at radius 1 is 1.36 bits per heavy atom. The van der Waals surface area contributed by atoms with Gasteiger partial charge in [-0.25, -0.2) is 0 Å². The van der Waals surface area contributed by atoms with Gasteiger partial charge in [-0.3, -0.25) is 5.10 Å². The minimum Gasteiger partial charge on any atom is -0.280 e. The molecule has 0 aromatic carbocycles. The van der Waals surface area contributed by atoms with Crippen molar-refractivity contribution in [1.82, 2.24) is 10.2 Å². The largest absolute Gasteiger partial charge is 0.280 e. The molecule has 1 aromatic heterocycles. The van der Waals surface area contributed by atoms with Crippen LogP contribution in [0.4, 0.5) is 0 Å². The second-order valence-corrected chi connectivity index (χ2v) is 4.12. The summed E-state index contributed by atoms with van der Waals surface area (Å²) in [5, 5.41) is 7.43. The molecule has 0 atom stereocenters. The number of halogens is 1. The van der Waals surface area contributed by atoms with Crippen molar-refractivity contribution >= 4 is 11.6 Å². The third-order valence-corrected chi connectivity index (χ3v) is 2.07. The van der Waals surface area contributed by atoms with Crippen LogP contribution in [0.25, 0.3) is 0 Å². The Balaban J connectivity index is 3.15. The minimum absolute atomic E-state index is 0.101. The SMILES string of the molecule is Cc1c(Cl)n[nH]c1C(C)(C)C. The summed E-state index contributed by atoms with van der Waals surface area (Å²) in [7, 11) is 0. The molecule has 3 heteroatoms. The molecule has 0 unspecified atom stereocenters. The van der Waals surface area contributed by atoms with Gasteiger partial charge in [0.2, 0.25) is 0 Å². The van der Waals surface area contributed by atoms with Crippen LogP contribution in [-0.4, -0.2) is 10.2 Å². The molecule has 0 saturated carbocycles. The maximum absolute atomic E-state index is 5.79. The summed E-state index contributed by atoms with van der Waals surface area (Å²) in [6.07, 6.45) is 0. The number of hydrogen-bond donors (Lipinski definition) is 1. The van der Waals surface area contributed by atoms with E-state index in [0.29, 0.717) is 5.15 Å². The molecule has 0 spiro atoms. The van der Waals surface area contributed by atoms with Gasteiger partial charge >= 0.3 is 0 Å². The summed E-state index contributed by atoms with van der Waals surface area (Å²) < 4.78 is 0. The average molecular weight is 173 g/mol. The highest BCUT2D eigenvalue weighted by Crippen LogP contribution is 2.26. The lowest BCUT2D eigenvalue weighted by molar-refractivity contribution is 0.563. The quantitative estimate of drug-likeness (QED) is 0.641.